The largest absolute Gasteiger partial charge is 0.513 e. The van der Waals surface area contributed by atoms with Gasteiger partial charge in [0.1, 0.15) is 0 Å². The highest BCUT2D eigenvalue weighted by Crippen LogP contribution is 2.36. The van der Waals surface area contributed by atoms with Crippen molar-refractivity contribution in [2.75, 3.05) is 6.61 Å². The van der Waals surface area contributed by atoms with E-state index in [9.17, 15) is 26.7 Å². The molecule has 78 valence electrons. The average molecular weight is 208 g/mol. The first-order chi connectivity index (χ1) is 5.70. The summed E-state index contributed by atoms with van der Waals surface area (Å²) in [5, 5.41) is 0. The third kappa shape index (κ3) is 3.43. The van der Waals surface area contributed by atoms with Gasteiger partial charge in [0.05, 0.1) is 6.61 Å². The second-order valence-corrected chi connectivity index (χ2v) is 1.80. The van der Waals surface area contributed by atoms with Crippen LogP contribution in [0.5, 0.6) is 0 Å². The minimum atomic E-state index is -5.93. The van der Waals surface area contributed by atoms with E-state index >= 15 is 0 Å². The first-order valence-electron chi connectivity index (χ1n) is 3.01. The Morgan fingerprint density at radius 1 is 1.23 bits per heavy atom. The van der Waals surface area contributed by atoms with Gasteiger partial charge in [-0.05, 0) is 6.92 Å². The van der Waals surface area contributed by atoms with Gasteiger partial charge in [0.15, 0.2) is 0 Å². The first-order valence-corrected chi connectivity index (χ1v) is 3.01. The van der Waals surface area contributed by atoms with Crippen LogP contribution in [-0.2, 0) is 9.47 Å². The second kappa shape index (κ2) is 3.75. The van der Waals surface area contributed by atoms with Gasteiger partial charge in [-0.2, -0.15) is 22.0 Å². The van der Waals surface area contributed by atoms with E-state index in [0.29, 0.717) is 0 Å². The van der Waals surface area contributed by atoms with Crippen LogP contribution < -0.4 is 0 Å². The molecule has 0 aromatic heterocycles. The summed E-state index contributed by atoms with van der Waals surface area (Å²) in [6.45, 7) is 0.875. The normalized spacial score (nSPS) is 12.5. The number of hydrogen-bond donors (Lipinski definition) is 0. The Morgan fingerprint density at radius 2 is 1.69 bits per heavy atom. The lowest BCUT2D eigenvalue weighted by atomic mass is 10.6. The van der Waals surface area contributed by atoms with Crippen LogP contribution in [0.15, 0.2) is 0 Å². The Morgan fingerprint density at radius 3 is 2.00 bits per heavy atom. The quantitative estimate of drug-likeness (QED) is 0.516. The van der Waals surface area contributed by atoms with Crippen molar-refractivity contribution in [1.82, 2.24) is 0 Å². The number of rotatable bonds is 2. The van der Waals surface area contributed by atoms with Gasteiger partial charge in [0.2, 0.25) is 0 Å². The monoisotopic (exact) mass is 208 g/mol. The Balaban J connectivity index is 4.26. The van der Waals surface area contributed by atoms with Crippen LogP contribution in [0.1, 0.15) is 6.92 Å². The van der Waals surface area contributed by atoms with E-state index in [1.807, 2.05) is 0 Å². The molecule has 0 N–H and O–H groups in total. The molecule has 0 bridgehead atoms. The van der Waals surface area contributed by atoms with Crippen LogP contribution in [0.25, 0.3) is 0 Å². The zero-order chi connectivity index (χ0) is 10.7. The van der Waals surface area contributed by atoms with E-state index in [4.69, 9.17) is 0 Å². The third-order valence-electron chi connectivity index (χ3n) is 0.804. The van der Waals surface area contributed by atoms with Crippen LogP contribution in [0.3, 0.4) is 0 Å². The molecule has 3 nitrogen and oxygen atoms in total. The van der Waals surface area contributed by atoms with Crippen molar-refractivity contribution < 1.29 is 36.2 Å². The van der Waals surface area contributed by atoms with Gasteiger partial charge >= 0.3 is 18.4 Å². The SMILES string of the molecule is CCOC(=O)OC(F)(F)C(F)(F)F. The molecule has 0 aromatic rings. The number of halogens is 5. The number of ether oxygens (including phenoxy) is 2. The molecule has 8 heteroatoms. The minimum Gasteiger partial charge on any atom is -0.434 e. The lowest BCUT2D eigenvalue weighted by molar-refractivity contribution is -0.374. The Labute approximate surface area is 69.4 Å². The molecule has 0 rings (SSSR count). The Kier molecular flexibility index (Phi) is 3.44. The number of alkyl halides is 5. The third-order valence-corrected chi connectivity index (χ3v) is 0.804. The van der Waals surface area contributed by atoms with Crippen molar-refractivity contribution in [3.8, 4) is 0 Å². The maximum Gasteiger partial charge on any atom is 0.513 e. The van der Waals surface area contributed by atoms with Gasteiger partial charge in [0.25, 0.3) is 0 Å². The molecule has 0 atom stereocenters. The zero-order valence-electron chi connectivity index (χ0n) is 6.32. The molecule has 0 radical (unpaired) electrons. The number of carbonyl (C=O) groups is 1. The van der Waals surface area contributed by atoms with Gasteiger partial charge in [-0.25, -0.2) is 4.79 Å². The van der Waals surface area contributed by atoms with Crippen molar-refractivity contribution in [1.29, 1.82) is 0 Å². The van der Waals surface area contributed by atoms with Gasteiger partial charge in [-0.1, -0.05) is 0 Å². The average Bonchev–Trinajstić information content (AvgIpc) is 1.83. The highest BCUT2D eigenvalue weighted by Gasteiger charge is 2.62. The predicted octanol–water partition coefficient (Wildman–Crippen LogP) is 2.31. The fraction of sp³-hybridized carbons (Fsp3) is 0.800. The topological polar surface area (TPSA) is 35.5 Å². The van der Waals surface area contributed by atoms with Crippen LogP contribution in [0.2, 0.25) is 0 Å². The van der Waals surface area contributed by atoms with Crippen LogP contribution in [0.4, 0.5) is 26.7 Å². The Hall–Kier alpha value is -1.08. The predicted molar refractivity (Wildman–Crippen MR) is 29.1 cm³/mol. The first kappa shape index (κ1) is 11.9. The molecule has 0 aromatic carbocycles. The van der Waals surface area contributed by atoms with Gasteiger partial charge in [-0.3, -0.25) is 0 Å². The standard InChI is InChI=1S/C5H5F5O3/c1-2-12-3(11)13-5(9,10)4(6,7)8/h2H2,1H3. The van der Waals surface area contributed by atoms with Crippen molar-refractivity contribution >= 4 is 6.16 Å². The molecule has 0 fully saturated rings. The van der Waals surface area contributed by atoms with E-state index in [1.165, 1.54) is 6.92 Å². The Bertz CT molecular complexity index is 187. The summed E-state index contributed by atoms with van der Waals surface area (Å²) in [7, 11) is 0. The molecule has 0 aliphatic heterocycles. The van der Waals surface area contributed by atoms with Gasteiger partial charge < -0.3 is 9.47 Å². The molecule has 0 unspecified atom stereocenters. The molecule has 0 heterocycles. The maximum atomic E-state index is 11.9. The molecular weight excluding hydrogens is 203 g/mol. The summed E-state index contributed by atoms with van der Waals surface area (Å²) in [6.07, 6.45) is -13.5. The van der Waals surface area contributed by atoms with E-state index in [1.54, 1.807) is 0 Å². The maximum absolute atomic E-state index is 11.9. The minimum absolute atomic E-state index is 0.354. The lowest BCUT2D eigenvalue weighted by Crippen LogP contribution is -2.41. The highest BCUT2D eigenvalue weighted by atomic mass is 19.4. The molecule has 0 aliphatic rings. The number of carbonyl (C=O) groups excluding carboxylic acids is 1. The molecule has 13 heavy (non-hydrogen) atoms. The summed E-state index contributed by atoms with van der Waals surface area (Å²) in [4.78, 5) is 10.1. The van der Waals surface area contributed by atoms with Crippen molar-refractivity contribution in [3.63, 3.8) is 0 Å². The number of hydrogen-bond acceptors (Lipinski definition) is 3. The summed E-state index contributed by atoms with van der Waals surface area (Å²) in [5.41, 5.74) is 0. The highest BCUT2D eigenvalue weighted by molar-refractivity contribution is 5.60. The summed E-state index contributed by atoms with van der Waals surface area (Å²) >= 11 is 0. The van der Waals surface area contributed by atoms with Crippen molar-refractivity contribution in [2.24, 2.45) is 0 Å². The van der Waals surface area contributed by atoms with Crippen LogP contribution in [-0.4, -0.2) is 25.0 Å². The van der Waals surface area contributed by atoms with E-state index in [2.05, 4.69) is 9.47 Å². The fourth-order valence-corrected chi connectivity index (χ4v) is 0.310. The van der Waals surface area contributed by atoms with E-state index in [0.717, 1.165) is 0 Å². The molecule has 0 aliphatic carbocycles. The van der Waals surface area contributed by atoms with Crippen molar-refractivity contribution in [3.05, 3.63) is 0 Å². The molecule has 0 amide bonds. The van der Waals surface area contributed by atoms with Crippen LogP contribution in [0, 0.1) is 0 Å². The molecular formula is C5H5F5O3. The molecule has 0 saturated carbocycles. The smallest absolute Gasteiger partial charge is 0.434 e. The van der Waals surface area contributed by atoms with Gasteiger partial charge in [0, 0.05) is 0 Å². The zero-order valence-corrected chi connectivity index (χ0v) is 6.32. The summed E-state index contributed by atoms with van der Waals surface area (Å²) < 4.78 is 64.2. The van der Waals surface area contributed by atoms with Crippen molar-refractivity contribution in [2.45, 2.75) is 19.2 Å². The fourth-order valence-electron chi connectivity index (χ4n) is 0.310. The van der Waals surface area contributed by atoms with E-state index in [-0.39, 0.29) is 6.61 Å². The summed E-state index contributed by atoms with van der Waals surface area (Å²) in [6, 6.07) is 0. The molecule has 0 saturated heterocycles. The van der Waals surface area contributed by atoms with Crippen LogP contribution >= 0.6 is 0 Å². The second-order valence-electron chi connectivity index (χ2n) is 1.80. The van der Waals surface area contributed by atoms with E-state index < -0.39 is 18.4 Å². The molecule has 0 spiro atoms. The van der Waals surface area contributed by atoms with Gasteiger partial charge in [-0.15, -0.1) is 0 Å². The summed E-state index contributed by atoms with van der Waals surface area (Å²) in [5.74, 6) is 0. The lowest BCUT2D eigenvalue weighted by Gasteiger charge is -2.17.